The molecule has 7 heteroatoms. The third-order valence-corrected chi connectivity index (χ3v) is 2.56. The first-order chi connectivity index (χ1) is 7.63. The van der Waals surface area contributed by atoms with Crippen molar-refractivity contribution < 1.29 is 14.9 Å². The maximum absolute atomic E-state index is 11.4. The summed E-state index contributed by atoms with van der Waals surface area (Å²) < 4.78 is 6.10. The molecule has 7 nitrogen and oxygen atoms in total. The Morgan fingerprint density at radius 1 is 1.56 bits per heavy atom. The van der Waals surface area contributed by atoms with E-state index in [2.05, 4.69) is 4.98 Å². The Kier molecular flexibility index (Phi) is 2.90. The zero-order valence-corrected chi connectivity index (χ0v) is 8.37. The molecule has 0 aromatic carbocycles. The summed E-state index contributed by atoms with van der Waals surface area (Å²) in [7, 11) is 0. The van der Waals surface area contributed by atoms with E-state index in [0.717, 1.165) is 4.57 Å². The lowest BCUT2D eigenvalue weighted by Gasteiger charge is -2.12. The van der Waals surface area contributed by atoms with E-state index in [4.69, 9.17) is 9.84 Å². The molecule has 1 fully saturated rings. The molecule has 1 unspecified atom stereocenters. The van der Waals surface area contributed by atoms with Gasteiger partial charge in [-0.15, -0.1) is 0 Å². The molecule has 0 aliphatic carbocycles. The highest BCUT2D eigenvalue weighted by molar-refractivity contribution is 4.88. The normalized spacial score (nSPS) is 29.5. The average molecular weight is 228 g/mol. The summed E-state index contributed by atoms with van der Waals surface area (Å²) in [4.78, 5) is 25.2. The molecule has 0 saturated carbocycles. The maximum Gasteiger partial charge on any atom is 0.330 e. The van der Waals surface area contributed by atoms with Crippen molar-refractivity contribution in [2.45, 2.75) is 24.9 Å². The van der Waals surface area contributed by atoms with Crippen LogP contribution in [0.2, 0.25) is 0 Å². The number of rotatable bonds is 2. The van der Waals surface area contributed by atoms with Crippen LogP contribution in [0, 0.1) is 0 Å². The summed E-state index contributed by atoms with van der Waals surface area (Å²) in [5, 5.41) is 18.4. The Morgan fingerprint density at radius 3 is 2.88 bits per heavy atom. The van der Waals surface area contributed by atoms with Crippen molar-refractivity contribution >= 4 is 0 Å². The highest BCUT2D eigenvalue weighted by atomic mass is 16.5. The fourth-order valence-electron chi connectivity index (χ4n) is 1.74. The molecule has 0 radical (unpaired) electrons. The van der Waals surface area contributed by atoms with Crippen LogP contribution in [-0.4, -0.2) is 38.6 Å². The molecule has 0 amide bonds. The molecule has 0 spiro atoms. The van der Waals surface area contributed by atoms with Gasteiger partial charge in [0.05, 0.1) is 12.7 Å². The van der Waals surface area contributed by atoms with Crippen molar-refractivity contribution in [2.75, 3.05) is 6.61 Å². The molecule has 88 valence electrons. The van der Waals surface area contributed by atoms with Gasteiger partial charge in [0.1, 0.15) is 12.3 Å². The van der Waals surface area contributed by atoms with Gasteiger partial charge in [0, 0.05) is 18.7 Å². The number of hydrogen-bond acceptors (Lipinski definition) is 5. The summed E-state index contributed by atoms with van der Waals surface area (Å²) in [5.41, 5.74) is -1.09. The van der Waals surface area contributed by atoms with Gasteiger partial charge >= 0.3 is 5.69 Å². The summed E-state index contributed by atoms with van der Waals surface area (Å²) in [6.45, 7) is -0.350. The predicted molar refractivity (Wildman–Crippen MR) is 52.9 cm³/mol. The molecule has 1 aliphatic heterocycles. The van der Waals surface area contributed by atoms with Gasteiger partial charge in [-0.05, 0) is 0 Å². The highest BCUT2D eigenvalue weighted by Gasteiger charge is 2.35. The van der Waals surface area contributed by atoms with Gasteiger partial charge in [-0.3, -0.25) is 4.79 Å². The number of H-pyrrole nitrogens is 1. The van der Waals surface area contributed by atoms with E-state index < -0.39 is 29.7 Å². The van der Waals surface area contributed by atoms with Crippen LogP contribution in [0.1, 0.15) is 12.6 Å². The van der Waals surface area contributed by atoms with Crippen molar-refractivity contribution in [1.29, 1.82) is 0 Å². The van der Waals surface area contributed by atoms with Gasteiger partial charge in [0.15, 0.2) is 0 Å². The molecule has 0 bridgehead atoms. The zero-order valence-electron chi connectivity index (χ0n) is 8.37. The fraction of sp³-hybridized carbons (Fsp3) is 0.556. The van der Waals surface area contributed by atoms with Gasteiger partial charge in [0.2, 0.25) is 0 Å². The van der Waals surface area contributed by atoms with Crippen LogP contribution < -0.4 is 11.2 Å². The van der Waals surface area contributed by atoms with Gasteiger partial charge in [0.25, 0.3) is 5.56 Å². The van der Waals surface area contributed by atoms with E-state index in [9.17, 15) is 14.7 Å². The molecule has 3 atom stereocenters. The van der Waals surface area contributed by atoms with Crippen LogP contribution >= 0.6 is 0 Å². The largest absolute Gasteiger partial charge is 0.394 e. The lowest BCUT2D eigenvalue weighted by molar-refractivity contribution is -0.0469. The minimum Gasteiger partial charge on any atom is -0.394 e. The summed E-state index contributed by atoms with van der Waals surface area (Å²) in [6, 6.07) is 1.20. The second-order valence-electron chi connectivity index (χ2n) is 3.61. The van der Waals surface area contributed by atoms with Gasteiger partial charge in [-0.25, -0.2) is 9.36 Å². The molecule has 2 rings (SSSR count). The number of aromatic amines is 1. The molecular formula is C9H12N2O5. The van der Waals surface area contributed by atoms with E-state index in [0.29, 0.717) is 0 Å². The molecular weight excluding hydrogens is 216 g/mol. The molecule has 1 aliphatic rings. The monoisotopic (exact) mass is 228 g/mol. The fourth-order valence-corrected chi connectivity index (χ4v) is 1.74. The van der Waals surface area contributed by atoms with Crippen molar-refractivity contribution in [3.63, 3.8) is 0 Å². The van der Waals surface area contributed by atoms with Crippen LogP contribution in [0.25, 0.3) is 0 Å². The summed E-state index contributed by atoms with van der Waals surface area (Å²) in [6.07, 6.45) is -1.10. The molecule has 16 heavy (non-hydrogen) atoms. The Hall–Kier alpha value is -1.44. The molecule has 1 aromatic heterocycles. The second-order valence-corrected chi connectivity index (χ2v) is 3.61. The third kappa shape index (κ3) is 1.80. The molecule has 1 saturated heterocycles. The Balaban J connectivity index is 2.34. The quantitative estimate of drug-likeness (QED) is 0.552. The number of aromatic nitrogens is 2. The number of ether oxygens (including phenoxy) is 1. The first kappa shape index (κ1) is 11.1. The molecule has 3 N–H and O–H groups in total. The van der Waals surface area contributed by atoms with Crippen molar-refractivity contribution in [3.8, 4) is 0 Å². The number of nitrogens with one attached hydrogen (secondary N) is 1. The second kappa shape index (κ2) is 4.20. The Labute approximate surface area is 89.9 Å². The lowest BCUT2D eigenvalue weighted by atomic mass is 10.2. The molecule has 1 aromatic rings. The van der Waals surface area contributed by atoms with Crippen LogP contribution in [0.3, 0.4) is 0 Å². The first-order valence-corrected chi connectivity index (χ1v) is 4.88. The van der Waals surface area contributed by atoms with E-state index in [1.807, 2.05) is 0 Å². The standard InChI is InChI=1S/C9H12N2O5/c12-4-6-5(13)3-8(16-6)11-7(14)1-2-10-9(11)15/h1-2,5-6,8,12-13H,3-4H2,(H,10,15)/t5?,6-,8+/m1/s1. The van der Waals surface area contributed by atoms with Gasteiger partial charge in [-0.1, -0.05) is 0 Å². The topological polar surface area (TPSA) is 105 Å². The van der Waals surface area contributed by atoms with Crippen molar-refractivity contribution in [3.05, 3.63) is 33.1 Å². The minimum atomic E-state index is -0.874. The van der Waals surface area contributed by atoms with E-state index in [1.54, 1.807) is 0 Å². The number of hydrogen-bond donors (Lipinski definition) is 3. The number of aliphatic hydroxyl groups excluding tert-OH is 2. The van der Waals surface area contributed by atoms with E-state index in [-0.39, 0.29) is 13.0 Å². The van der Waals surface area contributed by atoms with Gasteiger partial charge in [-0.2, -0.15) is 0 Å². The van der Waals surface area contributed by atoms with E-state index in [1.165, 1.54) is 12.3 Å². The van der Waals surface area contributed by atoms with E-state index >= 15 is 0 Å². The van der Waals surface area contributed by atoms with Crippen LogP contribution in [-0.2, 0) is 4.74 Å². The number of nitrogens with zero attached hydrogens (tertiary/aromatic N) is 1. The molecule has 2 heterocycles. The van der Waals surface area contributed by atoms with Crippen LogP contribution in [0.5, 0.6) is 0 Å². The zero-order chi connectivity index (χ0) is 11.7. The van der Waals surface area contributed by atoms with Gasteiger partial charge < -0.3 is 19.9 Å². The Bertz CT molecular complexity index is 451. The van der Waals surface area contributed by atoms with Crippen molar-refractivity contribution in [1.82, 2.24) is 9.55 Å². The average Bonchev–Trinajstić information content (AvgIpc) is 2.59. The minimum absolute atomic E-state index is 0.109. The SMILES string of the molecule is O=c1cc[nH]c(=O)n1[C@@H]1CC(O)[C@@H](CO)O1. The predicted octanol–water partition coefficient (Wildman–Crippen LogP) is -1.82. The lowest BCUT2D eigenvalue weighted by Crippen LogP contribution is -2.37. The Morgan fingerprint density at radius 2 is 2.31 bits per heavy atom. The first-order valence-electron chi connectivity index (χ1n) is 4.88. The smallest absolute Gasteiger partial charge is 0.330 e. The third-order valence-electron chi connectivity index (χ3n) is 2.56. The summed E-state index contributed by atoms with van der Waals surface area (Å²) >= 11 is 0. The maximum atomic E-state index is 11.4. The van der Waals surface area contributed by atoms with Crippen molar-refractivity contribution in [2.24, 2.45) is 0 Å². The number of aliphatic hydroxyl groups is 2. The van der Waals surface area contributed by atoms with Crippen LogP contribution in [0.15, 0.2) is 21.9 Å². The highest BCUT2D eigenvalue weighted by Crippen LogP contribution is 2.26. The summed E-state index contributed by atoms with van der Waals surface area (Å²) in [5.74, 6) is 0. The van der Waals surface area contributed by atoms with Crippen LogP contribution in [0.4, 0.5) is 0 Å².